The zero-order valence-corrected chi connectivity index (χ0v) is 10.9. The lowest BCUT2D eigenvalue weighted by Gasteiger charge is -2.35. The summed E-state index contributed by atoms with van der Waals surface area (Å²) in [5.74, 6) is 0. The maximum absolute atomic E-state index is 4.66. The number of nitrogens with one attached hydrogen (secondary N) is 1. The molecule has 1 fully saturated rings. The molecular formula is C12H20N2S. The summed E-state index contributed by atoms with van der Waals surface area (Å²) in [4.78, 5) is 4.66. The van der Waals surface area contributed by atoms with Crippen LogP contribution in [-0.2, 0) is 5.54 Å². The van der Waals surface area contributed by atoms with Crippen LogP contribution in [0.4, 0.5) is 0 Å². The topological polar surface area (TPSA) is 24.9 Å². The summed E-state index contributed by atoms with van der Waals surface area (Å²) in [5.41, 5.74) is 1.62. The number of hydrogen-bond donors (Lipinski definition) is 1. The van der Waals surface area contributed by atoms with Crippen LogP contribution >= 0.6 is 11.3 Å². The van der Waals surface area contributed by atoms with Gasteiger partial charge in [-0.1, -0.05) is 13.8 Å². The molecule has 0 aromatic carbocycles. The molecule has 0 spiro atoms. The van der Waals surface area contributed by atoms with Gasteiger partial charge in [-0.05, 0) is 38.6 Å². The molecule has 1 aromatic rings. The van der Waals surface area contributed by atoms with Crippen LogP contribution in [0.1, 0.15) is 44.3 Å². The maximum Gasteiger partial charge on any atom is 0.113 e. The highest BCUT2D eigenvalue weighted by atomic mass is 32.1. The second kappa shape index (κ2) is 3.56. The van der Waals surface area contributed by atoms with Crippen molar-refractivity contribution in [3.8, 4) is 0 Å². The largest absolute Gasteiger partial charge is 0.305 e. The Balaban J connectivity index is 2.34. The van der Waals surface area contributed by atoms with Gasteiger partial charge in [0, 0.05) is 11.1 Å². The molecule has 1 aromatic heterocycles. The summed E-state index contributed by atoms with van der Waals surface area (Å²) in [6, 6.07) is 0. The van der Waals surface area contributed by atoms with E-state index in [1.54, 1.807) is 11.3 Å². The van der Waals surface area contributed by atoms with E-state index in [-0.39, 0.29) is 5.54 Å². The number of nitrogens with zero attached hydrogens (tertiary/aromatic N) is 1. The third kappa shape index (κ3) is 1.72. The molecule has 0 saturated heterocycles. The van der Waals surface area contributed by atoms with E-state index >= 15 is 0 Å². The summed E-state index contributed by atoms with van der Waals surface area (Å²) in [7, 11) is 0. The number of rotatable bonds is 4. The van der Waals surface area contributed by atoms with Crippen molar-refractivity contribution in [2.24, 2.45) is 5.41 Å². The standard InChI is InChI=1S/C12H20N2S/c1-5-13-12(4,11(3)6-7-11)10-14-9(2)8-15-10/h8,13H,5-7H2,1-4H3. The molecule has 84 valence electrons. The van der Waals surface area contributed by atoms with Crippen molar-refractivity contribution in [3.63, 3.8) is 0 Å². The third-order valence-electron chi connectivity index (χ3n) is 3.78. The zero-order valence-electron chi connectivity index (χ0n) is 10.1. The van der Waals surface area contributed by atoms with Gasteiger partial charge in [0.05, 0.1) is 5.54 Å². The molecule has 0 bridgehead atoms. The lowest BCUT2D eigenvalue weighted by Crippen LogP contribution is -2.46. The molecule has 2 rings (SSSR count). The van der Waals surface area contributed by atoms with Gasteiger partial charge in [0.15, 0.2) is 0 Å². The summed E-state index contributed by atoms with van der Waals surface area (Å²) in [6.07, 6.45) is 2.63. The van der Waals surface area contributed by atoms with Gasteiger partial charge < -0.3 is 5.32 Å². The van der Waals surface area contributed by atoms with Crippen LogP contribution < -0.4 is 5.32 Å². The first-order valence-corrected chi connectivity index (χ1v) is 6.57. The van der Waals surface area contributed by atoms with Crippen molar-refractivity contribution in [2.45, 2.75) is 46.1 Å². The molecule has 1 unspecified atom stereocenters. The molecule has 0 radical (unpaired) electrons. The van der Waals surface area contributed by atoms with Crippen molar-refractivity contribution < 1.29 is 0 Å². The van der Waals surface area contributed by atoms with Crippen molar-refractivity contribution in [3.05, 3.63) is 16.1 Å². The monoisotopic (exact) mass is 224 g/mol. The smallest absolute Gasteiger partial charge is 0.113 e. The first kappa shape index (κ1) is 11.1. The average Bonchev–Trinajstić information content (AvgIpc) is 2.77. The van der Waals surface area contributed by atoms with Gasteiger partial charge in [0.2, 0.25) is 0 Å². The molecule has 15 heavy (non-hydrogen) atoms. The Kier molecular flexibility index (Phi) is 2.63. The minimum absolute atomic E-state index is 0.0701. The molecule has 1 saturated carbocycles. The second-order valence-corrected chi connectivity index (χ2v) is 5.87. The Morgan fingerprint density at radius 1 is 1.60 bits per heavy atom. The van der Waals surface area contributed by atoms with Crippen LogP contribution in [0.3, 0.4) is 0 Å². The van der Waals surface area contributed by atoms with E-state index in [4.69, 9.17) is 0 Å². The van der Waals surface area contributed by atoms with E-state index in [9.17, 15) is 0 Å². The van der Waals surface area contributed by atoms with E-state index in [1.807, 2.05) is 0 Å². The predicted molar refractivity (Wildman–Crippen MR) is 65.2 cm³/mol. The summed E-state index contributed by atoms with van der Waals surface area (Å²) in [6.45, 7) is 9.92. The molecule has 3 heteroatoms. The van der Waals surface area contributed by atoms with Crippen LogP contribution in [0.25, 0.3) is 0 Å². The fourth-order valence-corrected chi connectivity index (χ4v) is 3.26. The Labute approximate surface area is 96.1 Å². The van der Waals surface area contributed by atoms with Crippen molar-refractivity contribution in [2.75, 3.05) is 6.54 Å². The van der Waals surface area contributed by atoms with Gasteiger partial charge in [-0.25, -0.2) is 4.98 Å². The Hall–Kier alpha value is -0.410. The van der Waals surface area contributed by atoms with Gasteiger partial charge in [-0.3, -0.25) is 0 Å². The van der Waals surface area contributed by atoms with Gasteiger partial charge in [-0.2, -0.15) is 0 Å². The van der Waals surface area contributed by atoms with E-state index in [0.29, 0.717) is 5.41 Å². The van der Waals surface area contributed by atoms with Crippen LogP contribution in [0.15, 0.2) is 5.38 Å². The fraction of sp³-hybridized carbons (Fsp3) is 0.750. The quantitative estimate of drug-likeness (QED) is 0.850. The average molecular weight is 224 g/mol. The predicted octanol–water partition coefficient (Wildman–Crippen LogP) is 3.08. The SMILES string of the molecule is CCNC(C)(c1nc(C)cs1)C1(C)CC1. The van der Waals surface area contributed by atoms with Crippen molar-refractivity contribution in [1.82, 2.24) is 10.3 Å². The first-order valence-electron chi connectivity index (χ1n) is 5.69. The molecule has 1 N–H and O–H groups in total. The summed E-state index contributed by atoms with van der Waals surface area (Å²) >= 11 is 1.79. The normalized spacial score (nSPS) is 22.4. The molecular weight excluding hydrogens is 204 g/mol. The first-order chi connectivity index (χ1) is 7.02. The lowest BCUT2D eigenvalue weighted by molar-refractivity contribution is 0.230. The molecule has 0 aliphatic heterocycles. The van der Waals surface area contributed by atoms with E-state index in [2.05, 4.69) is 43.4 Å². The van der Waals surface area contributed by atoms with Crippen LogP contribution in [0.5, 0.6) is 0 Å². The molecule has 0 amide bonds. The van der Waals surface area contributed by atoms with E-state index < -0.39 is 0 Å². The van der Waals surface area contributed by atoms with E-state index in [0.717, 1.165) is 12.2 Å². The third-order valence-corrected chi connectivity index (χ3v) is 4.97. The Bertz CT molecular complexity index is 354. The van der Waals surface area contributed by atoms with Crippen molar-refractivity contribution >= 4 is 11.3 Å². The van der Waals surface area contributed by atoms with Crippen LogP contribution in [-0.4, -0.2) is 11.5 Å². The van der Waals surface area contributed by atoms with Gasteiger partial charge in [0.25, 0.3) is 0 Å². The maximum atomic E-state index is 4.66. The highest BCUT2D eigenvalue weighted by Gasteiger charge is 2.54. The number of aromatic nitrogens is 1. The van der Waals surface area contributed by atoms with Gasteiger partial charge in [0.1, 0.15) is 5.01 Å². The van der Waals surface area contributed by atoms with E-state index in [1.165, 1.54) is 17.8 Å². The van der Waals surface area contributed by atoms with Gasteiger partial charge >= 0.3 is 0 Å². The lowest BCUT2D eigenvalue weighted by atomic mass is 9.84. The fourth-order valence-electron chi connectivity index (χ4n) is 2.17. The Morgan fingerprint density at radius 3 is 2.67 bits per heavy atom. The summed E-state index contributed by atoms with van der Waals surface area (Å²) < 4.78 is 0. The molecule has 1 heterocycles. The molecule has 1 aliphatic carbocycles. The number of thiazole rings is 1. The second-order valence-electron chi connectivity index (χ2n) is 5.01. The molecule has 1 atom stereocenters. The minimum atomic E-state index is 0.0701. The molecule has 1 aliphatic rings. The number of hydrogen-bond acceptors (Lipinski definition) is 3. The summed E-state index contributed by atoms with van der Waals surface area (Å²) in [5, 5.41) is 7.04. The highest BCUT2D eigenvalue weighted by Crippen LogP contribution is 2.58. The van der Waals surface area contributed by atoms with Gasteiger partial charge in [-0.15, -0.1) is 11.3 Å². The number of aryl methyl sites for hydroxylation is 1. The van der Waals surface area contributed by atoms with Crippen LogP contribution in [0, 0.1) is 12.3 Å². The highest BCUT2D eigenvalue weighted by molar-refractivity contribution is 7.09. The molecule has 2 nitrogen and oxygen atoms in total. The zero-order chi connectivity index (χ0) is 11.1. The van der Waals surface area contributed by atoms with Crippen molar-refractivity contribution in [1.29, 1.82) is 0 Å². The minimum Gasteiger partial charge on any atom is -0.305 e. The Morgan fingerprint density at radius 2 is 2.27 bits per heavy atom. The van der Waals surface area contributed by atoms with Crippen LogP contribution in [0.2, 0.25) is 0 Å².